The molecule has 0 bridgehead atoms. The Labute approximate surface area is 111 Å². The summed E-state index contributed by atoms with van der Waals surface area (Å²) >= 11 is 0. The summed E-state index contributed by atoms with van der Waals surface area (Å²) in [6, 6.07) is 10.8. The maximum Gasteiger partial charge on any atom is 0.414 e. The smallest absolute Gasteiger partial charge is 0.414 e. The van der Waals surface area contributed by atoms with Crippen LogP contribution in [0.4, 0.5) is 10.7 Å². The number of methoxy groups -OCH3 is 1. The fourth-order valence-electron chi connectivity index (χ4n) is 1.80. The lowest BCUT2D eigenvalue weighted by molar-refractivity contribution is 0.199. The van der Waals surface area contributed by atoms with Gasteiger partial charge in [-0.15, -0.1) is 0 Å². The van der Waals surface area contributed by atoms with E-state index in [1.54, 1.807) is 12.1 Å². The Morgan fingerprint density at radius 1 is 1.37 bits per heavy atom. The van der Waals surface area contributed by atoms with E-state index in [2.05, 4.69) is 0 Å². The Bertz CT molecular complexity index is 576. The highest BCUT2D eigenvalue weighted by molar-refractivity contribution is 5.84. The summed E-state index contributed by atoms with van der Waals surface area (Å²) < 4.78 is 10.2. The minimum absolute atomic E-state index is 0.230. The third kappa shape index (κ3) is 3.07. The molecule has 5 nitrogen and oxygen atoms in total. The van der Waals surface area contributed by atoms with Crippen LogP contribution in [-0.4, -0.2) is 18.3 Å². The first-order chi connectivity index (χ1) is 9.10. The normalized spacial score (nSPS) is 10.2. The third-order valence-electron chi connectivity index (χ3n) is 2.69. The van der Waals surface area contributed by atoms with Gasteiger partial charge in [0.05, 0.1) is 13.7 Å². The largest absolute Gasteiger partial charge is 0.468 e. The zero-order chi connectivity index (χ0) is 13.8. The number of carboxylic acid groups (broad SMARTS) is 1. The lowest BCUT2D eigenvalue weighted by atomic mass is 10.1. The number of furan rings is 1. The Hall–Kier alpha value is -2.43. The van der Waals surface area contributed by atoms with Crippen molar-refractivity contribution in [3.63, 3.8) is 0 Å². The number of benzene rings is 1. The van der Waals surface area contributed by atoms with Crippen molar-refractivity contribution in [2.75, 3.05) is 12.0 Å². The summed E-state index contributed by atoms with van der Waals surface area (Å²) in [7, 11) is 1.47. The summed E-state index contributed by atoms with van der Waals surface area (Å²) in [5, 5.41) is 9.26. The molecule has 19 heavy (non-hydrogen) atoms. The van der Waals surface area contributed by atoms with E-state index in [1.165, 1.54) is 7.11 Å². The topological polar surface area (TPSA) is 62.9 Å². The molecule has 0 saturated heterocycles. The number of ether oxygens (including phenoxy) is 1. The van der Waals surface area contributed by atoms with E-state index in [1.807, 2.05) is 31.2 Å². The molecule has 0 saturated carbocycles. The molecule has 0 unspecified atom stereocenters. The van der Waals surface area contributed by atoms with Crippen molar-refractivity contribution in [3.05, 3.63) is 47.5 Å². The first kappa shape index (κ1) is 13.0. The minimum atomic E-state index is -1.07. The number of rotatable bonds is 4. The van der Waals surface area contributed by atoms with Gasteiger partial charge in [0.1, 0.15) is 0 Å². The molecule has 0 atom stereocenters. The number of carbonyl (C=O) groups is 1. The molecule has 1 N–H and O–H groups in total. The molecule has 1 aromatic carbocycles. The van der Waals surface area contributed by atoms with Crippen molar-refractivity contribution in [1.29, 1.82) is 0 Å². The molecule has 1 aromatic heterocycles. The number of amides is 1. The van der Waals surface area contributed by atoms with Gasteiger partial charge >= 0.3 is 6.09 Å². The summed E-state index contributed by atoms with van der Waals surface area (Å²) in [5.74, 6) is 0.524. The third-order valence-corrected chi connectivity index (χ3v) is 2.69. The molecule has 100 valence electrons. The van der Waals surface area contributed by atoms with Crippen LogP contribution in [0.25, 0.3) is 0 Å². The zero-order valence-corrected chi connectivity index (χ0v) is 10.8. The van der Waals surface area contributed by atoms with Crippen LogP contribution >= 0.6 is 0 Å². The van der Waals surface area contributed by atoms with E-state index >= 15 is 0 Å². The van der Waals surface area contributed by atoms with E-state index in [0.717, 1.165) is 16.0 Å². The molecule has 0 fully saturated rings. The van der Waals surface area contributed by atoms with Crippen molar-refractivity contribution < 1.29 is 19.1 Å². The number of anilines is 1. The van der Waals surface area contributed by atoms with Crippen LogP contribution in [0.15, 0.2) is 40.8 Å². The highest BCUT2D eigenvalue weighted by atomic mass is 16.6. The summed E-state index contributed by atoms with van der Waals surface area (Å²) in [6.07, 6.45) is -1.07. The lowest BCUT2D eigenvalue weighted by Gasteiger charge is -2.16. The van der Waals surface area contributed by atoms with E-state index in [4.69, 9.17) is 9.15 Å². The molecule has 2 aromatic rings. The molecule has 0 aliphatic heterocycles. The predicted molar refractivity (Wildman–Crippen MR) is 70.6 cm³/mol. The molecular formula is C14H15NO4. The number of aryl methyl sites for hydroxylation is 1. The van der Waals surface area contributed by atoms with Crippen molar-refractivity contribution in [2.45, 2.75) is 13.5 Å². The fourth-order valence-corrected chi connectivity index (χ4v) is 1.80. The van der Waals surface area contributed by atoms with Crippen LogP contribution < -0.4 is 9.64 Å². The van der Waals surface area contributed by atoms with E-state index in [-0.39, 0.29) is 18.4 Å². The average molecular weight is 261 g/mol. The molecule has 0 aliphatic carbocycles. The Kier molecular flexibility index (Phi) is 3.75. The molecular weight excluding hydrogens is 246 g/mol. The monoisotopic (exact) mass is 261 g/mol. The number of nitrogens with zero attached hydrogens (tertiary/aromatic N) is 1. The van der Waals surface area contributed by atoms with Crippen LogP contribution in [0.2, 0.25) is 0 Å². The standard InChI is InChI=1S/C14H15NO4/c1-10-4-3-5-11(8-10)9-15(14(16)17)12-6-7-13(18-2)19-12/h3-8H,9H2,1-2H3,(H,16,17). The quantitative estimate of drug-likeness (QED) is 0.917. The summed E-state index contributed by atoms with van der Waals surface area (Å²) in [5.41, 5.74) is 1.98. The van der Waals surface area contributed by atoms with Crippen LogP contribution in [-0.2, 0) is 6.54 Å². The first-order valence-electron chi connectivity index (χ1n) is 5.80. The second-order valence-corrected chi connectivity index (χ2v) is 4.15. The molecule has 0 spiro atoms. The van der Waals surface area contributed by atoms with Gasteiger partial charge < -0.3 is 14.3 Å². The van der Waals surface area contributed by atoms with Gasteiger partial charge in [0.15, 0.2) is 0 Å². The summed E-state index contributed by atoms with van der Waals surface area (Å²) in [6.45, 7) is 2.19. The Morgan fingerprint density at radius 3 is 2.74 bits per heavy atom. The van der Waals surface area contributed by atoms with Gasteiger partial charge in [-0.3, -0.25) is 0 Å². The van der Waals surface area contributed by atoms with E-state index < -0.39 is 6.09 Å². The van der Waals surface area contributed by atoms with E-state index in [9.17, 15) is 9.90 Å². The highest BCUT2D eigenvalue weighted by Crippen LogP contribution is 2.25. The summed E-state index contributed by atoms with van der Waals surface area (Å²) in [4.78, 5) is 12.4. The van der Waals surface area contributed by atoms with Gasteiger partial charge in [0.25, 0.3) is 5.95 Å². The first-order valence-corrected chi connectivity index (χ1v) is 5.80. The van der Waals surface area contributed by atoms with Crippen LogP contribution in [0.1, 0.15) is 11.1 Å². The molecule has 5 heteroatoms. The fraction of sp³-hybridized carbons (Fsp3) is 0.214. The second kappa shape index (κ2) is 5.48. The average Bonchev–Trinajstić information content (AvgIpc) is 2.84. The van der Waals surface area contributed by atoms with Crippen molar-refractivity contribution in [1.82, 2.24) is 0 Å². The van der Waals surface area contributed by atoms with Crippen LogP contribution in [0.5, 0.6) is 5.95 Å². The Morgan fingerprint density at radius 2 is 2.16 bits per heavy atom. The van der Waals surface area contributed by atoms with Gasteiger partial charge in [-0.2, -0.15) is 0 Å². The number of hydrogen-bond acceptors (Lipinski definition) is 3. The number of hydrogen-bond donors (Lipinski definition) is 1. The van der Waals surface area contributed by atoms with Gasteiger partial charge in [-0.05, 0) is 12.5 Å². The molecule has 1 heterocycles. The van der Waals surface area contributed by atoms with Crippen LogP contribution in [0, 0.1) is 6.92 Å². The lowest BCUT2D eigenvalue weighted by Crippen LogP contribution is -2.28. The van der Waals surface area contributed by atoms with Gasteiger partial charge in [0.2, 0.25) is 5.88 Å². The van der Waals surface area contributed by atoms with E-state index in [0.29, 0.717) is 0 Å². The Balaban J connectivity index is 2.23. The highest BCUT2D eigenvalue weighted by Gasteiger charge is 2.18. The maximum absolute atomic E-state index is 11.3. The SMILES string of the molecule is COc1ccc(N(Cc2cccc(C)c2)C(=O)O)o1. The molecule has 0 aliphatic rings. The minimum Gasteiger partial charge on any atom is -0.468 e. The van der Waals surface area contributed by atoms with Crippen LogP contribution in [0.3, 0.4) is 0 Å². The van der Waals surface area contributed by atoms with Gasteiger partial charge in [-0.1, -0.05) is 29.8 Å². The van der Waals surface area contributed by atoms with Crippen molar-refractivity contribution >= 4 is 12.0 Å². The molecule has 1 amide bonds. The maximum atomic E-state index is 11.3. The molecule has 2 rings (SSSR count). The molecule has 0 radical (unpaired) electrons. The van der Waals surface area contributed by atoms with Gasteiger partial charge in [0, 0.05) is 12.1 Å². The zero-order valence-electron chi connectivity index (χ0n) is 10.8. The van der Waals surface area contributed by atoms with Crippen molar-refractivity contribution in [3.8, 4) is 5.95 Å². The van der Waals surface area contributed by atoms with Crippen molar-refractivity contribution in [2.24, 2.45) is 0 Å². The van der Waals surface area contributed by atoms with Gasteiger partial charge in [-0.25, -0.2) is 9.69 Å². The predicted octanol–water partition coefficient (Wildman–Crippen LogP) is 3.28. The second-order valence-electron chi connectivity index (χ2n) is 4.15.